The van der Waals surface area contributed by atoms with E-state index in [0.29, 0.717) is 23.9 Å². The molecule has 0 bridgehead atoms. The summed E-state index contributed by atoms with van der Waals surface area (Å²) in [5.74, 6) is 0.256. The zero-order valence-electron chi connectivity index (χ0n) is 14.5. The number of hydrogen-bond donors (Lipinski definition) is 1. The van der Waals surface area contributed by atoms with Gasteiger partial charge >= 0.3 is 0 Å². The maximum Gasteiger partial charge on any atom is 0.272 e. The number of nitrogens with one attached hydrogen (secondary N) is 1. The Morgan fingerprint density at radius 1 is 1.23 bits per heavy atom. The van der Waals surface area contributed by atoms with E-state index < -0.39 is 23.1 Å². The lowest BCUT2D eigenvalue weighted by Crippen LogP contribution is -2.46. The van der Waals surface area contributed by atoms with Crippen LogP contribution in [-0.4, -0.2) is 51.9 Å². The van der Waals surface area contributed by atoms with Gasteiger partial charge in [0.1, 0.15) is 12.4 Å². The number of piperidine rings is 1. The van der Waals surface area contributed by atoms with Crippen molar-refractivity contribution in [3.63, 3.8) is 0 Å². The maximum atomic E-state index is 13.2. The highest BCUT2D eigenvalue weighted by molar-refractivity contribution is 7.89. The van der Waals surface area contributed by atoms with Crippen LogP contribution in [0.1, 0.15) is 12.8 Å². The minimum Gasteiger partial charge on any atom is -0.487 e. The minimum atomic E-state index is -3.69. The summed E-state index contributed by atoms with van der Waals surface area (Å²) in [5.41, 5.74) is 0. The molecule has 1 heterocycles. The molecule has 2 aromatic carbocycles. The normalized spacial score (nSPS) is 19.2. The highest BCUT2D eigenvalue weighted by Gasteiger charge is 2.31. The van der Waals surface area contributed by atoms with Crippen LogP contribution in [-0.2, 0) is 10.0 Å². The van der Waals surface area contributed by atoms with Crippen molar-refractivity contribution in [1.82, 2.24) is 9.62 Å². The fourth-order valence-electron chi connectivity index (χ4n) is 3.28. The quantitative estimate of drug-likeness (QED) is 0.832. The second-order valence-electron chi connectivity index (χ2n) is 6.30. The van der Waals surface area contributed by atoms with E-state index in [-0.39, 0.29) is 16.7 Å². The smallest absolute Gasteiger partial charge is 0.272 e. The lowest BCUT2D eigenvalue weighted by atomic mass is 10.1. The summed E-state index contributed by atoms with van der Waals surface area (Å²) in [6, 6.07) is 9.84. The average molecular weight is 384 g/mol. The van der Waals surface area contributed by atoms with E-state index in [9.17, 15) is 17.2 Å². The molecule has 1 unspecified atom stereocenters. The molecule has 3 rings (SSSR count). The van der Waals surface area contributed by atoms with Gasteiger partial charge in [0.25, 0.3) is 6.43 Å². The zero-order valence-corrected chi connectivity index (χ0v) is 15.3. The number of ether oxygens (including phenoxy) is 1. The van der Waals surface area contributed by atoms with E-state index in [4.69, 9.17) is 4.74 Å². The first-order chi connectivity index (χ1) is 12.4. The number of likely N-dealkylation sites (N-methyl/N-ethyl adjacent to an activating group) is 1. The van der Waals surface area contributed by atoms with Crippen molar-refractivity contribution in [1.29, 1.82) is 0 Å². The molecule has 2 aromatic rings. The SMILES string of the molecule is CNC1CCCN(S(=O)(=O)c2ccc(OCC(F)F)c3ccccc23)C1. The Bertz CT molecular complexity index is 874. The van der Waals surface area contributed by atoms with Gasteiger partial charge in [-0.25, -0.2) is 17.2 Å². The molecule has 0 aliphatic carbocycles. The second kappa shape index (κ2) is 7.85. The molecular weight excluding hydrogens is 362 g/mol. The summed E-state index contributed by atoms with van der Waals surface area (Å²) in [6.45, 7) is 0.154. The van der Waals surface area contributed by atoms with Crippen LogP contribution >= 0.6 is 0 Å². The van der Waals surface area contributed by atoms with E-state index in [1.165, 1.54) is 16.4 Å². The highest BCUT2D eigenvalue weighted by Crippen LogP contribution is 2.33. The highest BCUT2D eigenvalue weighted by atomic mass is 32.2. The fraction of sp³-hybridized carbons (Fsp3) is 0.444. The summed E-state index contributed by atoms with van der Waals surface area (Å²) in [7, 11) is -1.87. The largest absolute Gasteiger partial charge is 0.487 e. The van der Waals surface area contributed by atoms with Crippen molar-refractivity contribution in [2.75, 3.05) is 26.7 Å². The van der Waals surface area contributed by atoms with Crippen LogP contribution in [0.25, 0.3) is 10.8 Å². The number of hydrogen-bond acceptors (Lipinski definition) is 4. The number of fused-ring (bicyclic) bond motifs is 1. The Labute approximate surface area is 152 Å². The fourth-order valence-corrected chi connectivity index (χ4v) is 5.00. The van der Waals surface area contributed by atoms with Crippen molar-refractivity contribution in [2.24, 2.45) is 0 Å². The van der Waals surface area contributed by atoms with Gasteiger partial charge in [-0.15, -0.1) is 0 Å². The molecule has 5 nitrogen and oxygen atoms in total. The van der Waals surface area contributed by atoms with Crippen LogP contribution in [0, 0.1) is 0 Å². The number of alkyl halides is 2. The molecule has 0 aromatic heterocycles. The van der Waals surface area contributed by atoms with Crippen molar-refractivity contribution in [3.05, 3.63) is 36.4 Å². The predicted octanol–water partition coefficient (Wildman–Crippen LogP) is 2.86. The molecule has 0 amide bonds. The number of halogens is 2. The molecule has 1 atom stereocenters. The molecule has 142 valence electrons. The Kier molecular flexibility index (Phi) is 5.74. The van der Waals surface area contributed by atoms with Gasteiger partial charge in [-0.2, -0.15) is 4.31 Å². The first-order valence-corrected chi connectivity index (χ1v) is 9.97. The molecule has 0 saturated carbocycles. The Hall–Kier alpha value is -1.77. The number of rotatable bonds is 6. The molecule has 1 fully saturated rings. The minimum absolute atomic E-state index is 0.124. The Balaban J connectivity index is 2.01. The number of benzene rings is 2. The van der Waals surface area contributed by atoms with Crippen molar-refractivity contribution in [3.8, 4) is 5.75 Å². The second-order valence-corrected chi connectivity index (χ2v) is 8.21. The molecular formula is C18H22F2N2O3S. The molecule has 0 spiro atoms. The lowest BCUT2D eigenvalue weighted by Gasteiger charge is -2.32. The first kappa shape index (κ1) is 19.0. The summed E-state index contributed by atoms with van der Waals surface area (Å²) >= 11 is 0. The van der Waals surface area contributed by atoms with Crippen LogP contribution in [0.3, 0.4) is 0 Å². The van der Waals surface area contributed by atoms with E-state index in [2.05, 4.69) is 5.32 Å². The maximum absolute atomic E-state index is 13.2. The number of nitrogens with zero attached hydrogens (tertiary/aromatic N) is 1. The Morgan fingerprint density at radius 3 is 2.65 bits per heavy atom. The average Bonchev–Trinajstić information content (AvgIpc) is 2.65. The Morgan fingerprint density at radius 2 is 1.96 bits per heavy atom. The van der Waals surface area contributed by atoms with Crippen LogP contribution in [0.2, 0.25) is 0 Å². The first-order valence-electron chi connectivity index (χ1n) is 8.53. The van der Waals surface area contributed by atoms with E-state index in [0.717, 1.165) is 12.8 Å². The van der Waals surface area contributed by atoms with E-state index >= 15 is 0 Å². The molecule has 1 aliphatic heterocycles. The van der Waals surface area contributed by atoms with Gasteiger partial charge in [-0.1, -0.05) is 24.3 Å². The van der Waals surface area contributed by atoms with Gasteiger partial charge < -0.3 is 10.1 Å². The van der Waals surface area contributed by atoms with Crippen LogP contribution in [0.4, 0.5) is 8.78 Å². The predicted molar refractivity (Wildman–Crippen MR) is 96.3 cm³/mol. The van der Waals surface area contributed by atoms with Crippen molar-refractivity contribution in [2.45, 2.75) is 30.2 Å². The molecule has 8 heteroatoms. The van der Waals surface area contributed by atoms with E-state index in [1.54, 1.807) is 24.3 Å². The van der Waals surface area contributed by atoms with E-state index in [1.807, 2.05) is 7.05 Å². The monoisotopic (exact) mass is 384 g/mol. The van der Waals surface area contributed by atoms with Gasteiger partial charge in [0.15, 0.2) is 0 Å². The molecule has 1 N–H and O–H groups in total. The molecule has 26 heavy (non-hydrogen) atoms. The van der Waals surface area contributed by atoms with Crippen LogP contribution in [0.15, 0.2) is 41.3 Å². The van der Waals surface area contributed by atoms with Gasteiger partial charge in [-0.05, 0) is 32.0 Å². The molecule has 1 aliphatic rings. The van der Waals surface area contributed by atoms with Gasteiger partial charge in [0.05, 0.1) is 4.90 Å². The summed E-state index contributed by atoms with van der Waals surface area (Å²) in [6.07, 6.45) is -0.869. The lowest BCUT2D eigenvalue weighted by molar-refractivity contribution is 0.0826. The van der Waals surface area contributed by atoms with Gasteiger partial charge in [-0.3, -0.25) is 0 Å². The summed E-state index contributed by atoms with van der Waals surface area (Å²) in [4.78, 5) is 0.175. The van der Waals surface area contributed by atoms with Crippen LogP contribution in [0.5, 0.6) is 5.75 Å². The van der Waals surface area contributed by atoms with Gasteiger partial charge in [0, 0.05) is 29.9 Å². The standard InChI is InChI=1S/C18H22F2N2O3S/c1-21-13-5-4-10-22(11-13)26(23,24)17-9-8-16(25-12-18(19)20)14-6-2-3-7-15(14)17/h2-3,6-9,13,18,21H,4-5,10-12H2,1H3. The third-order valence-corrected chi connectivity index (χ3v) is 6.54. The topological polar surface area (TPSA) is 58.6 Å². The third kappa shape index (κ3) is 3.82. The van der Waals surface area contributed by atoms with Crippen molar-refractivity contribution >= 4 is 20.8 Å². The zero-order chi connectivity index (χ0) is 18.7. The van der Waals surface area contributed by atoms with Gasteiger partial charge in [0.2, 0.25) is 10.0 Å². The van der Waals surface area contributed by atoms with Crippen LogP contribution < -0.4 is 10.1 Å². The summed E-state index contributed by atoms with van der Waals surface area (Å²) in [5, 5.41) is 4.12. The summed E-state index contributed by atoms with van der Waals surface area (Å²) < 4.78 is 57.9. The van der Waals surface area contributed by atoms with Crippen molar-refractivity contribution < 1.29 is 21.9 Å². The molecule has 0 radical (unpaired) electrons. The number of sulfonamides is 1. The third-order valence-electron chi connectivity index (χ3n) is 4.62. The molecule has 1 saturated heterocycles.